The minimum absolute atomic E-state index is 0.228. The summed E-state index contributed by atoms with van der Waals surface area (Å²) in [4.78, 5) is 2.03. The molecule has 0 aliphatic heterocycles. The Kier molecular flexibility index (Phi) is 5.65. The molecular weight excluding hydrogens is 279 g/mol. The van der Waals surface area contributed by atoms with Crippen LogP contribution in [0.15, 0.2) is 48.5 Å². The molecule has 0 aliphatic carbocycles. The molecule has 4 heteroatoms. The Hall–Kier alpha value is -2.22. The molecule has 2 aromatic rings. The maximum absolute atomic E-state index is 12.8. The monoisotopic (exact) mass is 298 g/mol. The number of hydrogen-bond donors (Lipinski definition) is 1. The first-order chi connectivity index (χ1) is 10.6. The van der Waals surface area contributed by atoms with Crippen LogP contribution in [0.4, 0.5) is 4.39 Å². The molecule has 0 saturated carbocycles. The minimum atomic E-state index is -0.592. The van der Waals surface area contributed by atoms with Gasteiger partial charge in [-0.05, 0) is 48.9 Å². The average molecular weight is 298 g/mol. The third-order valence-electron chi connectivity index (χ3n) is 3.60. The average Bonchev–Trinajstić information content (AvgIpc) is 2.54. The van der Waals surface area contributed by atoms with Crippen LogP contribution in [0, 0.1) is 17.1 Å². The molecule has 0 amide bonds. The van der Waals surface area contributed by atoms with Gasteiger partial charge in [0.1, 0.15) is 5.82 Å². The van der Waals surface area contributed by atoms with Crippen LogP contribution in [0.5, 0.6) is 0 Å². The second-order valence-corrected chi connectivity index (χ2v) is 5.39. The first-order valence-corrected chi connectivity index (χ1v) is 7.19. The summed E-state index contributed by atoms with van der Waals surface area (Å²) in [5.74, 6) is -0.228. The number of rotatable bonds is 6. The molecule has 0 bridgehead atoms. The van der Waals surface area contributed by atoms with Crippen molar-refractivity contribution in [2.24, 2.45) is 0 Å². The summed E-state index contributed by atoms with van der Waals surface area (Å²) >= 11 is 0. The molecule has 0 fully saturated rings. The number of nitrogens with zero attached hydrogens (tertiary/aromatic N) is 2. The predicted molar refractivity (Wildman–Crippen MR) is 83.7 cm³/mol. The van der Waals surface area contributed by atoms with E-state index < -0.39 is 6.10 Å². The number of likely N-dealkylation sites (N-methyl/N-ethyl adjacent to an activating group) is 1. The van der Waals surface area contributed by atoms with E-state index in [2.05, 4.69) is 6.07 Å². The molecule has 1 N–H and O–H groups in total. The summed E-state index contributed by atoms with van der Waals surface area (Å²) in [5, 5.41) is 19.0. The molecule has 22 heavy (non-hydrogen) atoms. The largest absolute Gasteiger partial charge is 0.387 e. The molecule has 0 aromatic heterocycles. The van der Waals surface area contributed by atoms with Crippen LogP contribution in [-0.4, -0.2) is 30.1 Å². The lowest BCUT2D eigenvalue weighted by Crippen LogP contribution is -2.26. The van der Waals surface area contributed by atoms with Crippen molar-refractivity contribution in [1.29, 1.82) is 5.26 Å². The highest BCUT2D eigenvalue weighted by Gasteiger charge is 2.10. The fraction of sp³-hybridized carbons (Fsp3) is 0.278. The molecule has 1 atom stereocenters. The van der Waals surface area contributed by atoms with Gasteiger partial charge in [0.15, 0.2) is 0 Å². The molecule has 1 unspecified atom stereocenters. The minimum Gasteiger partial charge on any atom is -0.387 e. The van der Waals surface area contributed by atoms with Crippen LogP contribution in [0.3, 0.4) is 0 Å². The molecule has 0 spiro atoms. The van der Waals surface area contributed by atoms with Gasteiger partial charge in [-0.2, -0.15) is 5.26 Å². The van der Waals surface area contributed by atoms with Gasteiger partial charge in [-0.15, -0.1) is 0 Å². The van der Waals surface area contributed by atoms with E-state index in [4.69, 9.17) is 5.26 Å². The van der Waals surface area contributed by atoms with E-state index in [0.717, 1.165) is 24.1 Å². The van der Waals surface area contributed by atoms with E-state index in [1.807, 2.05) is 11.9 Å². The predicted octanol–water partition coefficient (Wildman–Crippen LogP) is 2.91. The Bertz CT molecular complexity index is 632. The number of aliphatic hydroxyl groups is 1. The van der Waals surface area contributed by atoms with E-state index >= 15 is 0 Å². The molecule has 0 radical (unpaired) electrons. The molecule has 0 saturated heterocycles. The zero-order valence-electron chi connectivity index (χ0n) is 12.5. The first-order valence-electron chi connectivity index (χ1n) is 7.19. The smallest absolute Gasteiger partial charge is 0.123 e. The zero-order chi connectivity index (χ0) is 15.9. The van der Waals surface area contributed by atoms with Gasteiger partial charge in [0, 0.05) is 13.1 Å². The van der Waals surface area contributed by atoms with E-state index in [1.54, 1.807) is 36.4 Å². The summed E-state index contributed by atoms with van der Waals surface area (Å²) in [6.45, 7) is 1.28. The Balaban J connectivity index is 1.84. The molecule has 0 aliphatic rings. The van der Waals surface area contributed by atoms with Crippen molar-refractivity contribution in [2.45, 2.75) is 12.5 Å². The van der Waals surface area contributed by atoms with Crippen LogP contribution in [0.2, 0.25) is 0 Å². The van der Waals surface area contributed by atoms with Gasteiger partial charge >= 0.3 is 0 Å². The summed E-state index contributed by atoms with van der Waals surface area (Å²) in [6, 6.07) is 15.5. The quantitative estimate of drug-likeness (QED) is 0.892. The standard InChI is InChI=1S/C18H19FN2O/c1-21(11-10-14-4-8-17(19)9-5-14)13-18(22)16-6-2-15(12-20)3-7-16/h2-9,18,22H,10-11,13H2,1H3. The first kappa shape index (κ1) is 16.2. The van der Waals surface area contributed by atoms with Crippen molar-refractivity contribution in [2.75, 3.05) is 20.1 Å². The summed E-state index contributed by atoms with van der Waals surface area (Å²) in [7, 11) is 1.94. The molecule has 114 valence electrons. The van der Waals surface area contributed by atoms with E-state index in [-0.39, 0.29) is 5.82 Å². The summed E-state index contributed by atoms with van der Waals surface area (Å²) < 4.78 is 12.8. The number of nitriles is 1. The number of benzene rings is 2. The third-order valence-corrected chi connectivity index (χ3v) is 3.60. The number of hydrogen-bond acceptors (Lipinski definition) is 3. The number of aliphatic hydroxyl groups excluding tert-OH is 1. The highest BCUT2D eigenvalue weighted by Crippen LogP contribution is 2.15. The topological polar surface area (TPSA) is 47.3 Å². The Morgan fingerprint density at radius 2 is 1.77 bits per heavy atom. The third kappa shape index (κ3) is 4.66. The fourth-order valence-electron chi connectivity index (χ4n) is 2.24. The zero-order valence-corrected chi connectivity index (χ0v) is 12.5. The van der Waals surface area contributed by atoms with E-state index in [9.17, 15) is 9.50 Å². The highest BCUT2D eigenvalue weighted by atomic mass is 19.1. The van der Waals surface area contributed by atoms with Gasteiger partial charge in [0.05, 0.1) is 17.7 Å². The molecular formula is C18H19FN2O. The van der Waals surface area contributed by atoms with E-state index in [0.29, 0.717) is 12.1 Å². The van der Waals surface area contributed by atoms with E-state index in [1.165, 1.54) is 12.1 Å². The lowest BCUT2D eigenvalue weighted by atomic mass is 10.1. The van der Waals surface area contributed by atoms with Gasteiger partial charge in [-0.3, -0.25) is 0 Å². The van der Waals surface area contributed by atoms with Crippen molar-refractivity contribution >= 4 is 0 Å². The van der Waals surface area contributed by atoms with Crippen molar-refractivity contribution < 1.29 is 9.50 Å². The van der Waals surface area contributed by atoms with Crippen molar-refractivity contribution in [1.82, 2.24) is 4.90 Å². The Morgan fingerprint density at radius 3 is 2.36 bits per heavy atom. The maximum atomic E-state index is 12.8. The van der Waals surface area contributed by atoms with Crippen LogP contribution in [0.25, 0.3) is 0 Å². The van der Waals surface area contributed by atoms with Gasteiger partial charge < -0.3 is 10.0 Å². The molecule has 2 aromatic carbocycles. The summed E-state index contributed by atoms with van der Waals surface area (Å²) in [5.41, 5.74) is 2.45. The van der Waals surface area contributed by atoms with Gasteiger partial charge in [0.25, 0.3) is 0 Å². The Morgan fingerprint density at radius 1 is 1.14 bits per heavy atom. The lowest BCUT2D eigenvalue weighted by Gasteiger charge is -2.20. The number of halogens is 1. The van der Waals surface area contributed by atoms with Crippen molar-refractivity contribution in [3.8, 4) is 6.07 Å². The summed E-state index contributed by atoms with van der Waals surface area (Å²) in [6.07, 6.45) is 0.211. The molecule has 2 rings (SSSR count). The van der Waals surface area contributed by atoms with Crippen LogP contribution < -0.4 is 0 Å². The van der Waals surface area contributed by atoms with Gasteiger partial charge in [-0.25, -0.2) is 4.39 Å². The van der Waals surface area contributed by atoms with Gasteiger partial charge in [0.2, 0.25) is 0 Å². The second-order valence-electron chi connectivity index (χ2n) is 5.39. The van der Waals surface area contributed by atoms with Crippen LogP contribution in [-0.2, 0) is 6.42 Å². The molecule has 0 heterocycles. The van der Waals surface area contributed by atoms with Crippen LogP contribution >= 0.6 is 0 Å². The second kappa shape index (κ2) is 7.69. The fourth-order valence-corrected chi connectivity index (χ4v) is 2.24. The van der Waals surface area contributed by atoms with Gasteiger partial charge in [-0.1, -0.05) is 24.3 Å². The normalized spacial score (nSPS) is 12.1. The van der Waals surface area contributed by atoms with Crippen LogP contribution in [0.1, 0.15) is 22.8 Å². The van der Waals surface area contributed by atoms with Crippen molar-refractivity contribution in [3.05, 3.63) is 71.0 Å². The Labute approximate surface area is 130 Å². The van der Waals surface area contributed by atoms with Crippen molar-refractivity contribution in [3.63, 3.8) is 0 Å². The lowest BCUT2D eigenvalue weighted by molar-refractivity contribution is 0.127. The maximum Gasteiger partial charge on any atom is 0.123 e. The SMILES string of the molecule is CN(CCc1ccc(F)cc1)CC(O)c1ccc(C#N)cc1. The highest BCUT2D eigenvalue weighted by molar-refractivity contribution is 5.32. The molecule has 3 nitrogen and oxygen atoms in total.